The number of fused-ring (bicyclic) bond motifs is 2. The van der Waals surface area contributed by atoms with Gasteiger partial charge in [0.05, 0.1) is 11.8 Å². The highest BCUT2D eigenvalue weighted by Crippen LogP contribution is 2.61. The largest absolute Gasteiger partial charge is 0.472 e. The predicted octanol–water partition coefficient (Wildman–Crippen LogP) is 3.01. The Hall–Kier alpha value is -1.78. The summed E-state index contributed by atoms with van der Waals surface area (Å²) in [5, 5.41) is 2.65. The average Bonchev–Trinajstić information content (AvgIpc) is 3.02. The normalized spacial score (nSPS) is 32.5. The molecule has 3 aliphatic carbocycles. The van der Waals surface area contributed by atoms with Crippen molar-refractivity contribution in [1.82, 2.24) is 5.32 Å². The molecule has 1 amide bonds. The maximum absolute atomic E-state index is 12.3. The summed E-state index contributed by atoms with van der Waals surface area (Å²) in [6, 6.07) is 0.891. The molecule has 0 aliphatic heterocycles. The zero-order chi connectivity index (χ0) is 16.8. The molecule has 5 atom stereocenters. The lowest BCUT2D eigenvalue weighted by atomic mass is 9.45. The van der Waals surface area contributed by atoms with E-state index in [-0.39, 0.29) is 18.0 Å². The Morgan fingerprint density at radius 1 is 1.39 bits per heavy atom. The van der Waals surface area contributed by atoms with Gasteiger partial charge in [-0.2, -0.15) is 0 Å². The lowest BCUT2D eigenvalue weighted by Crippen LogP contribution is -2.58. The third-order valence-electron chi connectivity index (χ3n) is 6.04. The average molecular weight is 319 g/mol. The van der Waals surface area contributed by atoms with Gasteiger partial charge in [0.25, 0.3) is 5.91 Å². The fraction of sp³-hybridized carbons (Fsp3) is 0.667. The number of amides is 1. The Bertz CT molecular complexity index is 592. The second-order valence-corrected chi connectivity index (χ2v) is 7.64. The molecule has 1 aromatic rings. The van der Waals surface area contributed by atoms with Crippen LogP contribution in [0.2, 0.25) is 0 Å². The van der Waals surface area contributed by atoms with E-state index in [1.54, 1.807) is 13.0 Å². The Labute approximate surface area is 136 Å². The van der Waals surface area contributed by atoms with Crippen LogP contribution >= 0.6 is 0 Å². The maximum Gasteiger partial charge on any atom is 0.328 e. The van der Waals surface area contributed by atoms with E-state index in [1.165, 1.54) is 18.9 Å². The van der Waals surface area contributed by atoms with E-state index >= 15 is 0 Å². The molecule has 3 saturated carbocycles. The van der Waals surface area contributed by atoms with Crippen LogP contribution in [0, 0.1) is 23.2 Å². The van der Waals surface area contributed by atoms with Crippen LogP contribution in [0.5, 0.6) is 0 Å². The van der Waals surface area contributed by atoms with Crippen LogP contribution in [0.4, 0.5) is 0 Å². The van der Waals surface area contributed by atoms with Gasteiger partial charge >= 0.3 is 5.97 Å². The Morgan fingerprint density at radius 3 is 2.70 bits per heavy atom. The highest BCUT2D eigenvalue weighted by Gasteiger charge is 2.57. The van der Waals surface area contributed by atoms with Gasteiger partial charge in [0.15, 0.2) is 0 Å². The van der Waals surface area contributed by atoms with Crippen molar-refractivity contribution in [3.05, 3.63) is 24.2 Å². The van der Waals surface area contributed by atoms with Gasteiger partial charge in [-0.3, -0.25) is 4.79 Å². The van der Waals surface area contributed by atoms with Crippen LogP contribution < -0.4 is 5.32 Å². The highest BCUT2D eigenvalue weighted by atomic mass is 16.5. The maximum atomic E-state index is 12.3. The number of nitrogens with one attached hydrogen (secondary N) is 1. The van der Waals surface area contributed by atoms with Crippen molar-refractivity contribution in [2.45, 2.75) is 52.7 Å². The molecule has 0 unspecified atom stereocenters. The Morgan fingerprint density at radius 2 is 2.13 bits per heavy atom. The number of esters is 1. The van der Waals surface area contributed by atoms with E-state index in [0.29, 0.717) is 28.7 Å². The SMILES string of the molecule is C[C@@H]1[C@@H](OC(=O)[C@H](C)NC(=O)c2ccoc2)C[C@H]2C[C@@H]1C2(C)C. The number of hydrogen-bond donors (Lipinski definition) is 1. The van der Waals surface area contributed by atoms with Gasteiger partial charge in [-0.15, -0.1) is 0 Å². The second kappa shape index (κ2) is 5.69. The molecule has 5 nitrogen and oxygen atoms in total. The van der Waals surface area contributed by atoms with Crippen LogP contribution in [0.1, 0.15) is 50.9 Å². The number of carbonyl (C=O) groups excluding carboxylic acids is 2. The molecule has 0 saturated heterocycles. The van der Waals surface area contributed by atoms with E-state index < -0.39 is 6.04 Å². The lowest BCUT2D eigenvalue weighted by Gasteiger charge is -2.61. The highest BCUT2D eigenvalue weighted by molar-refractivity contribution is 5.96. The van der Waals surface area contributed by atoms with Gasteiger partial charge < -0.3 is 14.5 Å². The first-order chi connectivity index (χ1) is 10.8. The van der Waals surface area contributed by atoms with Crippen molar-refractivity contribution >= 4 is 11.9 Å². The summed E-state index contributed by atoms with van der Waals surface area (Å²) in [5.41, 5.74) is 0.766. The summed E-state index contributed by atoms with van der Waals surface area (Å²) < 4.78 is 10.6. The fourth-order valence-electron chi connectivity index (χ4n) is 4.24. The van der Waals surface area contributed by atoms with Gasteiger partial charge in [0, 0.05) is 0 Å². The van der Waals surface area contributed by atoms with Crippen LogP contribution in [0.15, 0.2) is 23.0 Å². The zero-order valence-electron chi connectivity index (χ0n) is 14.2. The predicted molar refractivity (Wildman–Crippen MR) is 84.7 cm³/mol. The Kier molecular flexibility index (Phi) is 3.98. The minimum absolute atomic E-state index is 0.0347. The van der Waals surface area contributed by atoms with Gasteiger partial charge in [-0.1, -0.05) is 20.8 Å². The smallest absolute Gasteiger partial charge is 0.328 e. The summed E-state index contributed by atoms with van der Waals surface area (Å²) in [5.74, 6) is 0.935. The molecule has 0 radical (unpaired) electrons. The number of furan rings is 1. The van der Waals surface area contributed by atoms with Crippen LogP contribution in [0.25, 0.3) is 0 Å². The minimum Gasteiger partial charge on any atom is -0.472 e. The molecule has 5 heteroatoms. The van der Waals surface area contributed by atoms with Crippen LogP contribution in [0.3, 0.4) is 0 Å². The molecule has 23 heavy (non-hydrogen) atoms. The second-order valence-electron chi connectivity index (χ2n) is 7.64. The van der Waals surface area contributed by atoms with Gasteiger partial charge in [0.1, 0.15) is 18.4 Å². The molecule has 1 N–H and O–H groups in total. The van der Waals surface area contributed by atoms with Gasteiger partial charge in [0.2, 0.25) is 0 Å². The van der Waals surface area contributed by atoms with Gasteiger partial charge in [-0.05, 0) is 49.0 Å². The molecular formula is C18H25NO4. The topological polar surface area (TPSA) is 68.5 Å². The summed E-state index contributed by atoms with van der Waals surface area (Å²) in [6.45, 7) is 8.45. The Balaban J connectivity index is 1.54. The van der Waals surface area contributed by atoms with E-state index in [0.717, 1.165) is 6.42 Å². The van der Waals surface area contributed by atoms with Crippen LogP contribution in [-0.4, -0.2) is 24.0 Å². The van der Waals surface area contributed by atoms with Crippen LogP contribution in [-0.2, 0) is 9.53 Å². The van der Waals surface area contributed by atoms with Crippen molar-refractivity contribution < 1.29 is 18.7 Å². The first-order valence-electron chi connectivity index (χ1n) is 8.34. The summed E-state index contributed by atoms with van der Waals surface area (Å²) >= 11 is 0. The molecule has 1 aromatic heterocycles. The standard InChI is InChI=1S/C18H25NO4/c1-10-14-7-13(18(14,3)4)8-15(10)23-17(21)11(2)19-16(20)12-5-6-22-9-12/h5-6,9-11,13-15H,7-8H2,1-4H3,(H,19,20)/t10-,11-,13+,14-,15-/m0/s1. The monoisotopic (exact) mass is 319 g/mol. The molecular weight excluding hydrogens is 294 g/mol. The third kappa shape index (κ3) is 2.77. The van der Waals surface area contributed by atoms with Crippen molar-refractivity contribution in [3.63, 3.8) is 0 Å². The third-order valence-corrected chi connectivity index (χ3v) is 6.04. The molecule has 3 fully saturated rings. The van der Waals surface area contributed by atoms with E-state index in [1.807, 2.05) is 0 Å². The minimum atomic E-state index is -0.670. The summed E-state index contributed by atoms with van der Waals surface area (Å²) in [6.07, 6.45) is 4.92. The molecule has 3 aliphatic rings. The molecule has 0 aromatic carbocycles. The molecule has 1 heterocycles. The number of carbonyl (C=O) groups is 2. The van der Waals surface area contributed by atoms with E-state index in [2.05, 4.69) is 26.1 Å². The lowest BCUT2D eigenvalue weighted by molar-refractivity contribution is -0.187. The first-order valence-corrected chi connectivity index (χ1v) is 8.34. The fourth-order valence-corrected chi connectivity index (χ4v) is 4.24. The number of ether oxygens (including phenoxy) is 1. The van der Waals surface area contributed by atoms with Gasteiger partial charge in [-0.25, -0.2) is 4.79 Å². The van der Waals surface area contributed by atoms with E-state index in [9.17, 15) is 9.59 Å². The molecule has 0 spiro atoms. The quantitative estimate of drug-likeness (QED) is 0.866. The van der Waals surface area contributed by atoms with Crippen molar-refractivity contribution in [2.75, 3.05) is 0 Å². The number of hydrogen-bond acceptors (Lipinski definition) is 4. The van der Waals surface area contributed by atoms with Crippen molar-refractivity contribution in [1.29, 1.82) is 0 Å². The first kappa shape index (κ1) is 16.1. The summed E-state index contributed by atoms with van der Waals surface area (Å²) in [4.78, 5) is 24.2. The molecule has 2 bridgehead atoms. The van der Waals surface area contributed by atoms with E-state index in [4.69, 9.17) is 9.15 Å². The number of rotatable bonds is 4. The summed E-state index contributed by atoms with van der Waals surface area (Å²) in [7, 11) is 0. The zero-order valence-corrected chi connectivity index (χ0v) is 14.2. The van der Waals surface area contributed by atoms with Crippen molar-refractivity contribution in [2.24, 2.45) is 23.2 Å². The molecule has 126 valence electrons. The molecule has 4 rings (SSSR count). The van der Waals surface area contributed by atoms with Crippen molar-refractivity contribution in [3.8, 4) is 0 Å².